The molecule has 2 fully saturated rings. The summed E-state index contributed by atoms with van der Waals surface area (Å²) in [5.41, 5.74) is 6.59. The van der Waals surface area contributed by atoms with Crippen LogP contribution in [0.3, 0.4) is 0 Å². The van der Waals surface area contributed by atoms with Crippen molar-refractivity contribution in [1.82, 2.24) is 20.2 Å². The van der Waals surface area contributed by atoms with Gasteiger partial charge in [-0.05, 0) is 61.9 Å². The molecule has 0 spiro atoms. The van der Waals surface area contributed by atoms with Crippen molar-refractivity contribution in [3.05, 3.63) is 48.3 Å². The Bertz CT molecular complexity index is 1040. The van der Waals surface area contributed by atoms with Crippen LogP contribution in [0, 0.1) is 11.8 Å². The lowest BCUT2D eigenvalue weighted by Gasteiger charge is -2.46. The standard InChI is InChI=1S/C25H32N6O3/c1-16(18-8-4-3-5-9-18)29-25(34)31-22(24(33)30(2)21-10-6-7-12-28-21)19(23(31)32)14-17-11-13-27-20(26)15-17/h6-7,10-13,15-16,18-19,22H,3-5,8-9,14H2,1-2H3,(H2,26,27)(H,29,34)/t16-,19-,22+/m1/s1. The number of nitrogens with two attached hydrogens (primary N) is 1. The zero-order valence-corrected chi connectivity index (χ0v) is 19.7. The van der Waals surface area contributed by atoms with Crippen LogP contribution in [0.2, 0.25) is 0 Å². The third-order valence-corrected chi connectivity index (χ3v) is 7.02. The van der Waals surface area contributed by atoms with E-state index in [1.54, 1.807) is 49.8 Å². The number of amides is 4. The molecule has 2 aromatic rings. The number of likely N-dealkylation sites (N-methyl/N-ethyl adjacent to an activating group) is 1. The average molecular weight is 465 g/mol. The first-order valence-electron chi connectivity index (χ1n) is 11.9. The van der Waals surface area contributed by atoms with Crippen LogP contribution in [0.5, 0.6) is 0 Å². The average Bonchev–Trinajstić information content (AvgIpc) is 2.85. The van der Waals surface area contributed by atoms with Crippen molar-refractivity contribution < 1.29 is 14.4 Å². The number of aromatic nitrogens is 2. The number of pyridine rings is 2. The molecule has 0 radical (unpaired) electrons. The van der Waals surface area contributed by atoms with Gasteiger partial charge < -0.3 is 11.1 Å². The summed E-state index contributed by atoms with van der Waals surface area (Å²) in [6, 6.07) is 7.21. The van der Waals surface area contributed by atoms with Crippen LogP contribution in [0.1, 0.15) is 44.6 Å². The number of carbonyl (C=O) groups excluding carboxylic acids is 3. The number of imide groups is 1. The maximum absolute atomic E-state index is 13.5. The number of rotatable bonds is 6. The van der Waals surface area contributed by atoms with Crippen LogP contribution in [0.4, 0.5) is 16.4 Å². The maximum Gasteiger partial charge on any atom is 0.325 e. The van der Waals surface area contributed by atoms with Gasteiger partial charge in [-0.2, -0.15) is 0 Å². The predicted molar refractivity (Wildman–Crippen MR) is 129 cm³/mol. The van der Waals surface area contributed by atoms with Gasteiger partial charge in [-0.15, -0.1) is 0 Å². The van der Waals surface area contributed by atoms with Crippen LogP contribution >= 0.6 is 0 Å². The molecule has 2 aliphatic rings. The molecular weight excluding hydrogens is 432 g/mol. The lowest BCUT2D eigenvalue weighted by Crippen LogP contribution is -2.71. The van der Waals surface area contributed by atoms with Gasteiger partial charge in [-0.25, -0.2) is 14.8 Å². The zero-order chi connectivity index (χ0) is 24.2. The first-order valence-corrected chi connectivity index (χ1v) is 11.9. The number of hydrogen-bond donors (Lipinski definition) is 2. The summed E-state index contributed by atoms with van der Waals surface area (Å²) in [7, 11) is 1.61. The Morgan fingerprint density at radius 3 is 2.62 bits per heavy atom. The number of nitrogens with zero attached hydrogens (tertiary/aromatic N) is 4. The summed E-state index contributed by atoms with van der Waals surface area (Å²) in [5, 5.41) is 2.99. The van der Waals surface area contributed by atoms with Gasteiger partial charge in [0.05, 0.1) is 5.92 Å². The minimum absolute atomic E-state index is 0.0658. The molecule has 1 aliphatic carbocycles. The van der Waals surface area contributed by atoms with E-state index in [0.29, 0.717) is 24.0 Å². The molecule has 180 valence electrons. The van der Waals surface area contributed by atoms with Gasteiger partial charge >= 0.3 is 6.03 Å². The largest absolute Gasteiger partial charge is 0.384 e. The Balaban J connectivity index is 1.54. The summed E-state index contributed by atoms with van der Waals surface area (Å²) >= 11 is 0. The third-order valence-electron chi connectivity index (χ3n) is 7.02. The Morgan fingerprint density at radius 1 is 1.18 bits per heavy atom. The number of nitrogens with one attached hydrogen (secondary N) is 1. The molecule has 1 saturated carbocycles. The van der Waals surface area contributed by atoms with E-state index in [1.165, 1.54) is 11.3 Å². The maximum atomic E-state index is 13.5. The summed E-state index contributed by atoms with van der Waals surface area (Å²) in [5.74, 6) is -0.211. The number of hydrogen-bond acceptors (Lipinski definition) is 6. The predicted octanol–water partition coefficient (Wildman–Crippen LogP) is 2.77. The fraction of sp³-hybridized carbons (Fsp3) is 0.480. The van der Waals surface area contributed by atoms with Crippen molar-refractivity contribution >= 4 is 29.5 Å². The molecular formula is C25H32N6O3. The van der Waals surface area contributed by atoms with E-state index in [2.05, 4.69) is 15.3 Å². The van der Waals surface area contributed by atoms with E-state index in [0.717, 1.165) is 36.1 Å². The summed E-state index contributed by atoms with van der Waals surface area (Å²) in [6.07, 6.45) is 9.11. The van der Waals surface area contributed by atoms with E-state index < -0.39 is 18.0 Å². The second kappa shape index (κ2) is 10.2. The molecule has 3 heterocycles. The number of nitrogen functional groups attached to an aromatic ring is 1. The van der Waals surface area contributed by atoms with E-state index in [4.69, 9.17) is 5.73 Å². The van der Waals surface area contributed by atoms with Crippen LogP contribution in [-0.2, 0) is 16.0 Å². The number of urea groups is 1. The smallest absolute Gasteiger partial charge is 0.325 e. The first-order chi connectivity index (χ1) is 16.4. The van der Waals surface area contributed by atoms with Gasteiger partial charge in [-0.3, -0.25) is 19.4 Å². The lowest BCUT2D eigenvalue weighted by molar-refractivity contribution is -0.156. The molecule has 3 N–H and O–H groups in total. The van der Waals surface area contributed by atoms with Crippen molar-refractivity contribution in [1.29, 1.82) is 0 Å². The second-order valence-corrected chi connectivity index (χ2v) is 9.27. The number of anilines is 2. The van der Waals surface area contributed by atoms with E-state index in [1.807, 2.05) is 6.92 Å². The molecule has 1 aliphatic heterocycles. The Hall–Kier alpha value is -3.49. The number of likely N-dealkylation sites (tertiary alicyclic amines) is 1. The molecule has 1 saturated heterocycles. The Morgan fingerprint density at radius 2 is 1.94 bits per heavy atom. The highest BCUT2D eigenvalue weighted by Gasteiger charge is 2.55. The van der Waals surface area contributed by atoms with E-state index in [-0.39, 0.29) is 17.9 Å². The van der Waals surface area contributed by atoms with Crippen LogP contribution in [0.15, 0.2) is 42.7 Å². The Kier molecular flexibility index (Phi) is 7.09. The van der Waals surface area contributed by atoms with Crippen molar-refractivity contribution in [2.24, 2.45) is 11.8 Å². The SMILES string of the molecule is C[C@@H](NC(=O)N1C(=O)[C@H](Cc2ccnc(N)c2)[C@H]1C(=O)N(C)c1ccccn1)C1CCCCC1. The van der Waals surface area contributed by atoms with Gasteiger partial charge in [0.1, 0.15) is 17.7 Å². The topological polar surface area (TPSA) is 122 Å². The highest BCUT2D eigenvalue weighted by Crippen LogP contribution is 2.33. The minimum atomic E-state index is -0.924. The molecule has 34 heavy (non-hydrogen) atoms. The van der Waals surface area contributed by atoms with Crippen molar-refractivity contribution in [2.45, 2.75) is 57.5 Å². The van der Waals surface area contributed by atoms with Gasteiger partial charge in [0, 0.05) is 25.5 Å². The molecule has 9 heteroatoms. The van der Waals surface area contributed by atoms with Gasteiger partial charge in [0.2, 0.25) is 5.91 Å². The number of carbonyl (C=O) groups is 3. The zero-order valence-electron chi connectivity index (χ0n) is 19.7. The van der Waals surface area contributed by atoms with Gasteiger partial charge in [-0.1, -0.05) is 25.3 Å². The Labute approximate surface area is 199 Å². The van der Waals surface area contributed by atoms with Crippen molar-refractivity contribution in [3.63, 3.8) is 0 Å². The highest BCUT2D eigenvalue weighted by molar-refractivity contribution is 6.12. The molecule has 0 unspecified atom stereocenters. The minimum Gasteiger partial charge on any atom is -0.384 e. The fourth-order valence-electron chi connectivity index (χ4n) is 5.01. The quantitative estimate of drug-likeness (QED) is 0.634. The third kappa shape index (κ3) is 4.88. The molecule has 4 amide bonds. The van der Waals surface area contributed by atoms with Crippen molar-refractivity contribution in [3.8, 4) is 0 Å². The summed E-state index contributed by atoms with van der Waals surface area (Å²) in [6.45, 7) is 1.98. The molecule has 0 bridgehead atoms. The van der Waals surface area contributed by atoms with Crippen LogP contribution in [-0.4, -0.2) is 51.8 Å². The van der Waals surface area contributed by atoms with Crippen LogP contribution in [0.25, 0.3) is 0 Å². The fourth-order valence-corrected chi connectivity index (χ4v) is 5.01. The summed E-state index contributed by atoms with van der Waals surface area (Å²) < 4.78 is 0. The lowest BCUT2D eigenvalue weighted by atomic mass is 9.81. The molecule has 0 aromatic carbocycles. The van der Waals surface area contributed by atoms with Gasteiger partial charge in [0.25, 0.3) is 5.91 Å². The van der Waals surface area contributed by atoms with E-state index in [9.17, 15) is 14.4 Å². The second-order valence-electron chi connectivity index (χ2n) is 9.27. The van der Waals surface area contributed by atoms with Crippen molar-refractivity contribution in [2.75, 3.05) is 17.7 Å². The van der Waals surface area contributed by atoms with Crippen LogP contribution < -0.4 is 16.0 Å². The van der Waals surface area contributed by atoms with E-state index >= 15 is 0 Å². The monoisotopic (exact) mass is 464 g/mol. The first kappa shape index (κ1) is 23.7. The van der Waals surface area contributed by atoms with Gasteiger partial charge in [0.15, 0.2) is 0 Å². The summed E-state index contributed by atoms with van der Waals surface area (Å²) in [4.78, 5) is 50.6. The number of β-lactam (4-membered cyclic amide) rings is 1. The molecule has 2 aromatic heterocycles. The molecule has 3 atom stereocenters. The highest BCUT2D eigenvalue weighted by atomic mass is 16.2. The molecule has 4 rings (SSSR count). The molecule has 9 nitrogen and oxygen atoms in total. The normalized spacial score (nSPS) is 21.5.